The first-order valence-electron chi connectivity index (χ1n) is 26.0. The molecule has 2 aliphatic carbocycles. The third-order valence-electron chi connectivity index (χ3n) is 17.4. The Balaban J connectivity index is 1.22. The lowest BCUT2D eigenvalue weighted by Crippen LogP contribution is -2.62. The Labute approximate surface area is 418 Å². The van der Waals surface area contributed by atoms with E-state index in [1.165, 1.54) is 136 Å². The number of benzene rings is 8. The van der Waals surface area contributed by atoms with Crippen molar-refractivity contribution < 1.29 is 0 Å². The number of fused-ring (bicyclic) bond motifs is 6. The molecule has 0 radical (unpaired) electrons. The van der Waals surface area contributed by atoms with Gasteiger partial charge in [-0.15, -0.1) is 0 Å². The van der Waals surface area contributed by atoms with Gasteiger partial charge in [-0.25, -0.2) is 0 Å². The van der Waals surface area contributed by atoms with E-state index in [1.807, 2.05) is 0 Å². The first kappa shape index (κ1) is 44.6. The molecule has 0 N–H and O–H groups in total. The number of aryl methyl sites for hydroxylation is 3. The standard InChI is InChI=1S/C67H67BN2/c1-42-34-43(2)62(44(3)35-42)49-37-53-52-36-48(46-20-16-13-17-21-46)24-29-59(52)70(51-27-28-54-55(39-51)65(6,7)31-30-64(54,4)5)68-58-40-56-57(67(10,11)33-32-66(56,8)9)41-60(58)69(61(38-49)63(53)68)50-25-22-47(23-26-50)45-18-14-12-15-19-45/h12-29,34-41H,30-33H2,1-11H3. The molecule has 0 amide bonds. The summed E-state index contributed by atoms with van der Waals surface area (Å²) in [6.07, 6.45) is 4.67. The van der Waals surface area contributed by atoms with E-state index in [0.717, 1.165) is 12.8 Å². The van der Waals surface area contributed by atoms with Crippen molar-refractivity contribution in [3.8, 4) is 44.5 Å². The highest BCUT2D eigenvalue weighted by atomic mass is 15.2. The summed E-state index contributed by atoms with van der Waals surface area (Å²) in [4.78, 5) is 5.42. The van der Waals surface area contributed by atoms with Crippen LogP contribution < -0.4 is 20.6 Å². The molecule has 4 aliphatic rings. The van der Waals surface area contributed by atoms with Crippen molar-refractivity contribution in [3.63, 3.8) is 0 Å². The molecule has 2 nitrogen and oxygen atoms in total. The van der Waals surface area contributed by atoms with Crippen LogP contribution in [0, 0.1) is 20.8 Å². The van der Waals surface area contributed by atoms with Gasteiger partial charge in [-0.3, -0.25) is 0 Å². The van der Waals surface area contributed by atoms with Gasteiger partial charge < -0.3 is 9.71 Å². The van der Waals surface area contributed by atoms with Gasteiger partial charge in [-0.05, 0) is 206 Å². The Hall–Kier alpha value is -6.58. The molecule has 2 aliphatic heterocycles. The summed E-state index contributed by atoms with van der Waals surface area (Å²) in [5.41, 5.74) is 29.2. The van der Waals surface area contributed by atoms with Crippen molar-refractivity contribution in [2.24, 2.45) is 0 Å². The Bertz CT molecular complexity index is 3390. The summed E-state index contributed by atoms with van der Waals surface area (Å²) in [6, 6.07) is 61.2. The summed E-state index contributed by atoms with van der Waals surface area (Å²) in [6.45, 7) is 26.5. The summed E-state index contributed by atoms with van der Waals surface area (Å²) < 4.78 is 0. The Morgan fingerprint density at radius 2 is 0.886 bits per heavy atom. The van der Waals surface area contributed by atoms with Crippen LogP contribution in [0.25, 0.3) is 44.5 Å². The van der Waals surface area contributed by atoms with Gasteiger partial charge in [-0.1, -0.05) is 164 Å². The smallest absolute Gasteiger partial charge is 0.333 e. The van der Waals surface area contributed by atoms with E-state index in [-0.39, 0.29) is 28.5 Å². The highest BCUT2D eigenvalue weighted by molar-refractivity contribution is 6.93. The van der Waals surface area contributed by atoms with Crippen LogP contribution in [-0.2, 0) is 21.7 Å². The largest absolute Gasteiger partial charge is 0.376 e. The molecule has 0 atom stereocenters. The average molecular weight is 911 g/mol. The van der Waals surface area contributed by atoms with E-state index < -0.39 is 0 Å². The lowest BCUT2D eigenvalue weighted by molar-refractivity contribution is 0.332. The monoisotopic (exact) mass is 911 g/mol. The second kappa shape index (κ2) is 15.7. The highest BCUT2D eigenvalue weighted by Gasteiger charge is 2.49. The molecule has 12 rings (SSSR count). The first-order valence-corrected chi connectivity index (χ1v) is 26.0. The molecule has 0 unspecified atom stereocenters. The van der Waals surface area contributed by atoms with E-state index >= 15 is 0 Å². The van der Waals surface area contributed by atoms with E-state index in [4.69, 9.17) is 0 Å². The predicted octanol–water partition coefficient (Wildman–Crippen LogP) is 17.0. The molecule has 0 spiro atoms. The van der Waals surface area contributed by atoms with Gasteiger partial charge >= 0.3 is 6.85 Å². The third-order valence-corrected chi connectivity index (χ3v) is 17.4. The van der Waals surface area contributed by atoms with E-state index in [0.29, 0.717) is 0 Å². The Kier molecular flexibility index (Phi) is 10.0. The van der Waals surface area contributed by atoms with Crippen molar-refractivity contribution in [2.45, 2.75) is 124 Å². The summed E-state index contributed by atoms with van der Waals surface area (Å²) >= 11 is 0. The number of nitrogens with zero attached hydrogens (tertiary/aromatic N) is 2. The molecular weight excluding hydrogens is 844 g/mol. The van der Waals surface area contributed by atoms with E-state index in [1.54, 1.807) is 0 Å². The van der Waals surface area contributed by atoms with Crippen LogP contribution in [0.3, 0.4) is 0 Å². The van der Waals surface area contributed by atoms with Crippen LogP contribution >= 0.6 is 0 Å². The second-order valence-electron chi connectivity index (χ2n) is 24.1. The maximum Gasteiger partial charge on any atom is 0.333 e. The molecule has 8 aromatic carbocycles. The molecule has 0 saturated heterocycles. The molecule has 70 heavy (non-hydrogen) atoms. The maximum atomic E-state index is 2.76. The van der Waals surface area contributed by atoms with Crippen molar-refractivity contribution in [3.05, 3.63) is 197 Å². The van der Waals surface area contributed by atoms with Gasteiger partial charge in [0, 0.05) is 34.0 Å². The third kappa shape index (κ3) is 6.97. The minimum absolute atomic E-state index is 0.0235. The van der Waals surface area contributed by atoms with Gasteiger partial charge in [0.25, 0.3) is 0 Å². The first-order chi connectivity index (χ1) is 33.4. The fourth-order valence-electron chi connectivity index (χ4n) is 13.3. The van der Waals surface area contributed by atoms with Gasteiger partial charge in [0.2, 0.25) is 0 Å². The van der Waals surface area contributed by atoms with Crippen molar-refractivity contribution >= 4 is 46.2 Å². The quantitative estimate of drug-likeness (QED) is 0.159. The average Bonchev–Trinajstić information content (AvgIpc) is 3.34. The fraction of sp³-hybridized carbons (Fsp3) is 0.284. The molecular formula is C67H67BN2. The number of hydrogen-bond acceptors (Lipinski definition) is 2. The lowest BCUT2D eigenvalue weighted by atomic mass is 9.42. The number of anilines is 5. The molecule has 3 heteroatoms. The Morgan fingerprint density at radius 3 is 1.50 bits per heavy atom. The zero-order valence-electron chi connectivity index (χ0n) is 43.3. The second-order valence-corrected chi connectivity index (χ2v) is 24.1. The van der Waals surface area contributed by atoms with Gasteiger partial charge in [-0.2, -0.15) is 0 Å². The van der Waals surface area contributed by atoms with Gasteiger partial charge in [0.05, 0.1) is 0 Å². The number of hydrogen-bond donors (Lipinski definition) is 0. The SMILES string of the molecule is Cc1cc(C)c(-c2cc3c4c(c2)N(c2ccc(-c5ccccc5)cc2)c2cc5c(cc2B4N(c2ccc4c(c2)C(C)(C)CCC4(C)C)c2ccc(-c4ccccc4)cc2-3)C(C)(C)CCC5(C)C)c(C)c1. The normalized spacial score (nSPS) is 17.5. The van der Waals surface area contributed by atoms with Crippen LogP contribution in [0.2, 0.25) is 0 Å². The summed E-state index contributed by atoms with van der Waals surface area (Å²) in [5.74, 6) is 0. The molecule has 2 heterocycles. The number of rotatable bonds is 5. The maximum absolute atomic E-state index is 2.76. The van der Waals surface area contributed by atoms with Gasteiger partial charge in [0.15, 0.2) is 0 Å². The predicted molar refractivity (Wildman–Crippen MR) is 301 cm³/mol. The minimum atomic E-state index is -0.0897. The van der Waals surface area contributed by atoms with E-state index in [9.17, 15) is 0 Å². The van der Waals surface area contributed by atoms with Gasteiger partial charge in [0.1, 0.15) is 0 Å². The zero-order chi connectivity index (χ0) is 48.6. The van der Waals surface area contributed by atoms with E-state index in [2.05, 4.69) is 244 Å². The van der Waals surface area contributed by atoms with Crippen LogP contribution in [0.5, 0.6) is 0 Å². The van der Waals surface area contributed by atoms with Crippen molar-refractivity contribution in [2.75, 3.05) is 9.71 Å². The summed E-state index contributed by atoms with van der Waals surface area (Å²) in [7, 11) is 0. The summed E-state index contributed by atoms with van der Waals surface area (Å²) in [5, 5.41) is 0. The van der Waals surface area contributed by atoms with Crippen molar-refractivity contribution in [1.82, 2.24) is 0 Å². The molecule has 0 saturated carbocycles. The zero-order valence-corrected chi connectivity index (χ0v) is 43.3. The van der Waals surface area contributed by atoms with Crippen LogP contribution in [-0.4, -0.2) is 6.85 Å². The topological polar surface area (TPSA) is 6.48 Å². The molecule has 0 fully saturated rings. The Morgan fingerprint density at radius 1 is 0.386 bits per heavy atom. The fourth-order valence-corrected chi connectivity index (χ4v) is 13.3. The van der Waals surface area contributed by atoms with Crippen LogP contribution in [0.1, 0.15) is 120 Å². The minimum Gasteiger partial charge on any atom is -0.376 e. The highest BCUT2D eigenvalue weighted by Crippen LogP contribution is 2.54. The lowest BCUT2D eigenvalue weighted by Gasteiger charge is -2.49. The molecule has 348 valence electrons. The molecule has 0 aromatic heterocycles. The molecule has 8 aromatic rings. The van der Waals surface area contributed by atoms with Crippen LogP contribution in [0.4, 0.5) is 28.4 Å². The molecule has 0 bridgehead atoms. The van der Waals surface area contributed by atoms with Crippen molar-refractivity contribution in [1.29, 1.82) is 0 Å². The van der Waals surface area contributed by atoms with Crippen LogP contribution in [0.15, 0.2) is 158 Å².